The van der Waals surface area contributed by atoms with Crippen LogP contribution in [0, 0.1) is 0 Å². The van der Waals surface area contributed by atoms with Crippen LogP contribution in [0.5, 0.6) is 11.5 Å². The lowest BCUT2D eigenvalue weighted by Gasteiger charge is -2.38. The van der Waals surface area contributed by atoms with Crippen molar-refractivity contribution in [1.29, 1.82) is 0 Å². The Morgan fingerprint density at radius 2 is 2.00 bits per heavy atom. The Hall–Kier alpha value is -2.21. The summed E-state index contributed by atoms with van der Waals surface area (Å²) in [4.78, 5) is 1.08. The Labute approximate surface area is 176 Å². The van der Waals surface area contributed by atoms with Crippen LogP contribution in [0.1, 0.15) is 34.7 Å². The fourth-order valence-electron chi connectivity index (χ4n) is 3.69. The van der Waals surface area contributed by atoms with Crippen LogP contribution in [0.4, 0.5) is 0 Å². The number of fused-ring (bicyclic) bond motifs is 3. The van der Waals surface area contributed by atoms with Crippen molar-refractivity contribution < 1.29 is 9.47 Å². The molecule has 0 bridgehead atoms. The normalized spacial score (nSPS) is 20.2. The lowest BCUT2D eigenvalue weighted by molar-refractivity contribution is -0.0165. The standard InChI is InChI=1S/C21H16Cl2N2O2S/c1-26-14-6-4-12(5-7-14)17-11-18-15-9-13(22)10-16(23)20(15)27-21(25(18)24-17)19-3-2-8-28-19/h2-10,18,21H,11H2,1H3/t18-,21+/m0/s1. The van der Waals surface area contributed by atoms with Crippen LogP contribution in [-0.2, 0) is 0 Å². The lowest BCUT2D eigenvalue weighted by Crippen LogP contribution is -2.33. The summed E-state index contributed by atoms with van der Waals surface area (Å²) >= 11 is 14.4. The summed E-state index contributed by atoms with van der Waals surface area (Å²) in [5, 5.41) is 10.1. The molecule has 0 N–H and O–H groups in total. The Kier molecular flexibility index (Phi) is 4.46. The van der Waals surface area contributed by atoms with E-state index in [2.05, 4.69) is 6.07 Å². The second kappa shape index (κ2) is 6.99. The van der Waals surface area contributed by atoms with Gasteiger partial charge in [-0.15, -0.1) is 11.3 Å². The van der Waals surface area contributed by atoms with Crippen molar-refractivity contribution in [2.24, 2.45) is 5.10 Å². The van der Waals surface area contributed by atoms with Crippen molar-refractivity contribution in [2.45, 2.75) is 18.7 Å². The van der Waals surface area contributed by atoms with Crippen LogP contribution in [0.25, 0.3) is 0 Å². The molecule has 7 heteroatoms. The topological polar surface area (TPSA) is 34.1 Å². The predicted octanol–water partition coefficient (Wildman–Crippen LogP) is 6.31. The summed E-state index contributed by atoms with van der Waals surface area (Å²) in [5.41, 5.74) is 3.04. The second-order valence-corrected chi connectivity index (χ2v) is 8.49. The number of hydrogen-bond acceptors (Lipinski definition) is 5. The van der Waals surface area contributed by atoms with Crippen LogP contribution in [-0.4, -0.2) is 17.8 Å². The minimum atomic E-state index is -0.313. The third kappa shape index (κ3) is 2.94. The fourth-order valence-corrected chi connectivity index (χ4v) is 4.99. The van der Waals surface area contributed by atoms with Gasteiger partial charge >= 0.3 is 0 Å². The van der Waals surface area contributed by atoms with Gasteiger partial charge in [-0.2, -0.15) is 5.10 Å². The molecule has 5 rings (SSSR count). The van der Waals surface area contributed by atoms with Gasteiger partial charge in [0, 0.05) is 17.0 Å². The third-order valence-electron chi connectivity index (χ3n) is 5.02. The summed E-state index contributed by atoms with van der Waals surface area (Å²) in [6.07, 6.45) is 0.438. The molecule has 2 atom stereocenters. The zero-order chi connectivity index (χ0) is 19.3. The first-order valence-corrected chi connectivity index (χ1v) is 10.5. The molecular weight excluding hydrogens is 415 g/mol. The number of rotatable bonds is 3. The highest BCUT2D eigenvalue weighted by molar-refractivity contribution is 7.10. The molecule has 2 aromatic carbocycles. The smallest absolute Gasteiger partial charge is 0.223 e. The van der Waals surface area contributed by atoms with E-state index in [1.54, 1.807) is 24.5 Å². The SMILES string of the molecule is COc1ccc(C2=NN3[C@@H](c4cccs4)Oc4c(Cl)cc(Cl)cc4[C@@H]3C2)cc1. The summed E-state index contributed by atoms with van der Waals surface area (Å²) in [6.45, 7) is 0. The number of methoxy groups -OCH3 is 1. The lowest BCUT2D eigenvalue weighted by atomic mass is 9.96. The van der Waals surface area contributed by atoms with Gasteiger partial charge in [-0.1, -0.05) is 29.3 Å². The second-order valence-electron chi connectivity index (χ2n) is 6.67. The van der Waals surface area contributed by atoms with Crippen molar-refractivity contribution >= 4 is 40.3 Å². The highest BCUT2D eigenvalue weighted by Crippen LogP contribution is 2.51. The van der Waals surface area contributed by atoms with Gasteiger partial charge < -0.3 is 9.47 Å². The van der Waals surface area contributed by atoms with E-state index in [-0.39, 0.29) is 12.3 Å². The van der Waals surface area contributed by atoms with E-state index in [1.807, 2.05) is 46.8 Å². The third-order valence-corrected chi connectivity index (χ3v) is 6.42. The molecule has 2 aliphatic heterocycles. The number of ether oxygens (including phenoxy) is 2. The van der Waals surface area contributed by atoms with Crippen LogP contribution in [0.15, 0.2) is 59.0 Å². The molecule has 4 nitrogen and oxygen atoms in total. The quantitative estimate of drug-likeness (QED) is 0.488. The Bertz CT molecular complexity index is 1050. The van der Waals surface area contributed by atoms with Gasteiger partial charge in [-0.3, -0.25) is 0 Å². The maximum absolute atomic E-state index is 6.48. The first-order chi connectivity index (χ1) is 13.6. The van der Waals surface area contributed by atoms with E-state index in [1.165, 1.54) is 0 Å². The minimum Gasteiger partial charge on any atom is -0.497 e. The van der Waals surface area contributed by atoms with Crippen molar-refractivity contribution in [2.75, 3.05) is 7.11 Å². The van der Waals surface area contributed by atoms with Crippen molar-refractivity contribution in [3.8, 4) is 11.5 Å². The average molecular weight is 431 g/mol. The molecule has 0 spiro atoms. The van der Waals surface area contributed by atoms with Crippen LogP contribution in [0.3, 0.4) is 0 Å². The summed E-state index contributed by atoms with van der Waals surface area (Å²) in [6, 6.07) is 15.7. The van der Waals surface area contributed by atoms with E-state index < -0.39 is 0 Å². The maximum atomic E-state index is 6.48. The molecule has 0 fully saturated rings. The Balaban J connectivity index is 1.59. The van der Waals surface area contributed by atoms with Crippen LogP contribution in [0.2, 0.25) is 10.0 Å². The van der Waals surface area contributed by atoms with Gasteiger partial charge in [0.15, 0.2) is 0 Å². The van der Waals surface area contributed by atoms with Crippen LogP contribution < -0.4 is 9.47 Å². The summed E-state index contributed by atoms with van der Waals surface area (Å²) in [5.74, 6) is 1.51. The zero-order valence-corrected chi connectivity index (χ0v) is 17.3. The zero-order valence-electron chi connectivity index (χ0n) is 14.9. The number of thiophene rings is 1. The highest BCUT2D eigenvalue weighted by Gasteiger charge is 2.42. The highest BCUT2D eigenvalue weighted by atomic mass is 35.5. The molecule has 0 saturated carbocycles. The minimum absolute atomic E-state index is 0.0177. The van der Waals surface area contributed by atoms with Gasteiger partial charge in [0.25, 0.3) is 0 Å². The molecule has 0 unspecified atom stereocenters. The van der Waals surface area contributed by atoms with Gasteiger partial charge in [-0.25, -0.2) is 5.01 Å². The number of nitrogens with zero attached hydrogens (tertiary/aromatic N) is 2. The van der Waals surface area contributed by atoms with Crippen LogP contribution >= 0.6 is 34.5 Å². The van der Waals surface area contributed by atoms with E-state index in [0.29, 0.717) is 15.8 Å². The van der Waals surface area contributed by atoms with E-state index in [9.17, 15) is 0 Å². The van der Waals surface area contributed by atoms with Crippen molar-refractivity contribution in [3.05, 3.63) is 80.0 Å². The number of hydrogen-bond donors (Lipinski definition) is 0. The number of benzene rings is 2. The van der Waals surface area contributed by atoms with Gasteiger partial charge in [0.05, 0.1) is 28.8 Å². The summed E-state index contributed by atoms with van der Waals surface area (Å²) < 4.78 is 11.6. The van der Waals surface area contributed by atoms with Gasteiger partial charge in [0.1, 0.15) is 11.5 Å². The van der Waals surface area contributed by atoms with E-state index >= 15 is 0 Å². The van der Waals surface area contributed by atoms with Gasteiger partial charge in [-0.05, 0) is 53.4 Å². The maximum Gasteiger partial charge on any atom is 0.223 e. The summed E-state index contributed by atoms with van der Waals surface area (Å²) in [7, 11) is 1.66. The first kappa shape index (κ1) is 17.9. The molecule has 28 heavy (non-hydrogen) atoms. The van der Waals surface area contributed by atoms with E-state index in [0.717, 1.165) is 33.9 Å². The average Bonchev–Trinajstić information content (AvgIpc) is 3.38. The van der Waals surface area contributed by atoms with Crippen molar-refractivity contribution in [3.63, 3.8) is 0 Å². The molecule has 0 saturated heterocycles. The molecule has 3 aromatic rings. The monoisotopic (exact) mass is 430 g/mol. The Morgan fingerprint density at radius 3 is 2.71 bits per heavy atom. The molecule has 0 amide bonds. The van der Waals surface area contributed by atoms with E-state index in [4.69, 9.17) is 37.8 Å². The number of halogens is 2. The fraction of sp³-hybridized carbons (Fsp3) is 0.190. The molecular formula is C21H16Cl2N2O2S. The largest absolute Gasteiger partial charge is 0.497 e. The predicted molar refractivity (Wildman–Crippen MR) is 113 cm³/mol. The van der Waals surface area contributed by atoms with Crippen molar-refractivity contribution in [1.82, 2.24) is 5.01 Å². The molecule has 0 aliphatic carbocycles. The Morgan fingerprint density at radius 1 is 1.18 bits per heavy atom. The molecule has 0 radical (unpaired) electrons. The molecule has 1 aromatic heterocycles. The first-order valence-electron chi connectivity index (χ1n) is 8.83. The number of hydrazone groups is 1. The molecule has 2 aliphatic rings. The molecule has 3 heterocycles. The molecule has 142 valence electrons. The van der Waals surface area contributed by atoms with Gasteiger partial charge in [0.2, 0.25) is 6.23 Å².